The smallest absolute Gasteiger partial charge is 0.253 e. The van der Waals surface area contributed by atoms with E-state index >= 15 is 0 Å². The molecular weight excluding hydrogens is 242 g/mol. The lowest BCUT2D eigenvalue weighted by Gasteiger charge is -2.22. The van der Waals surface area contributed by atoms with Gasteiger partial charge in [-0.1, -0.05) is 0 Å². The molecule has 2 rings (SSSR count). The minimum Gasteiger partial charge on any atom is -0.383 e. The third-order valence-corrected chi connectivity index (χ3v) is 3.33. The monoisotopic (exact) mass is 263 g/mol. The predicted octanol–water partition coefficient (Wildman–Crippen LogP) is 1.67. The van der Waals surface area contributed by atoms with Gasteiger partial charge >= 0.3 is 0 Å². The summed E-state index contributed by atoms with van der Waals surface area (Å²) in [4.78, 5) is 16.2. The molecule has 19 heavy (non-hydrogen) atoms. The van der Waals surface area contributed by atoms with Crippen LogP contribution in [0.2, 0.25) is 0 Å². The minimum absolute atomic E-state index is 0.0372. The molecule has 0 atom stereocenters. The van der Waals surface area contributed by atoms with Crippen LogP contribution in [-0.4, -0.2) is 37.2 Å². The molecule has 2 heterocycles. The van der Waals surface area contributed by atoms with Crippen molar-refractivity contribution >= 4 is 11.6 Å². The van der Waals surface area contributed by atoms with Crippen LogP contribution in [0.15, 0.2) is 18.5 Å². The third-order valence-electron chi connectivity index (χ3n) is 3.33. The Kier molecular flexibility index (Phi) is 5.15. The van der Waals surface area contributed by atoms with Crippen LogP contribution >= 0.6 is 0 Å². The molecule has 1 aromatic rings. The number of nitrogens with one attached hydrogen (secondary N) is 2. The van der Waals surface area contributed by atoms with Crippen molar-refractivity contribution in [2.75, 3.05) is 31.6 Å². The molecule has 104 valence electrons. The highest BCUT2D eigenvalue weighted by Gasteiger charge is 2.16. The van der Waals surface area contributed by atoms with Crippen LogP contribution in [0.25, 0.3) is 0 Å². The first-order chi connectivity index (χ1) is 9.31. The zero-order chi connectivity index (χ0) is 13.5. The Hall–Kier alpha value is -1.62. The molecule has 2 N–H and O–H groups in total. The van der Waals surface area contributed by atoms with Crippen molar-refractivity contribution in [1.82, 2.24) is 10.3 Å². The second-order valence-corrected chi connectivity index (χ2v) is 4.72. The van der Waals surface area contributed by atoms with Crippen molar-refractivity contribution in [1.29, 1.82) is 0 Å². The average Bonchev–Trinajstić information content (AvgIpc) is 2.47. The van der Waals surface area contributed by atoms with Crippen LogP contribution in [-0.2, 0) is 4.74 Å². The minimum atomic E-state index is -0.0372. The lowest BCUT2D eigenvalue weighted by Crippen LogP contribution is -2.32. The van der Waals surface area contributed by atoms with E-state index in [9.17, 15) is 4.79 Å². The molecule has 0 aliphatic carbocycles. The Morgan fingerprint density at radius 1 is 1.47 bits per heavy atom. The fraction of sp³-hybridized carbons (Fsp3) is 0.571. The SMILES string of the molecule is CCNc1cnccc1C(=O)NCC1CCOCC1. The fourth-order valence-electron chi connectivity index (χ4n) is 2.21. The molecule has 0 bridgehead atoms. The Labute approximate surface area is 113 Å². The topological polar surface area (TPSA) is 63.2 Å². The molecule has 1 amide bonds. The normalized spacial score (nSPS) is 16.1. The molecule has 0 spiro atoms. The van der Waals surface area contributed by atoms with E-state index in [1.54, 1.807) is 18.5 Å². The zero-order valence-corrected chi connectivity index (χ0v) is 11.3. The molecule has 1 aliphatic rings. The van der Waals surface area contributed by atoms with Gasteiger partial charge in [0.2, 0.25) is 0 Å². The van der Waals surface area contributed by atoms with Crippen LogP contribution in [0.5, 0.6) is 0 Å². The van der Waals surface area contributed by atoms with Crippen molar-refractivity contribution in [2.45, 2.75) is 19.8 Å². The second kappa shape index (κ2) is 7.09. The first-order valence-electron chi connectivity index (χ1n) is 6.85. The van der Waals surface area contributed by atoms with E-state index in [4.69, 9.17) is 4.74 Å². The summed E-state index contributed by atoms with van der Waals surface area (Å²) in [7, 11) is 0. The number of nitrogens with zero attached hydrogens (tertiary/aromatic N) is 1. The predicted molar refractivity (Wildman–Crippen MR) is 74.3 cm³/mol. The van der Waals surface area contributed by atoms with Gasteiger partial charge in [-0.2, -0.15) is 0 Å². The molecule has 1 aromatic heterocycles. The van der Waals surface area contributed by atoms with Gasteiger partial charge in [0.05, 0.1) is 17.4 Å². The van der Waals surface area contributed by atoms with E-state index in [2.05, 4.69) is 15.6 Å². The Balaban J connectivity index is 1.91. The number of carbonyl (C=O) groups excluding carboxylic acids is 1. The van der Waals surface area contributed by atoms with Gasteiger partial charge in [-0.3, -0.25) is 9.78 Å². The first-order valence-corrected chi connectivity index (χ1v) is 6.85. The average molecular weight is 263 g/mol. The van der Waals surface area contributed by atoms with Crippen molar-refractivity contribution in [3.63, 3.8) is 0 Å². The number of amides is 1. The Morgan fingerprint density at radius 2 is 2.26 bits per heavy atom. The molecule has 1 fully saturated rings. The number of aromatic nitrogens is 1. The van der Waals surface area contributed by atoms with E-state index < -0.39 is 0 Å². The summed E-state index contributed by atoms with van der Waals surface area (Å²) < 4.78 is 5.31. The lowest BCUT2D eigenvalue weighted by atomic mass is 10.0. The summed E-state index contributed by atoms with van der Waals surface area (Å²) in [5.41, 5.74) is 1.44. The van der Waals surface area contributed by atoms with Gasteiger partial charge in [-0.15, -0.1) is 0 Å². The standard InChI is InChI=1S/C14H21N3O2/c1-2-16-13-10-15-6-3-12(13)14(18)17-9-11-4-7-19-8-5-11/h3,6,10-11,16H,2,4-5,7-9H2,1H3,(H,17,18). The van der Waals surface area contributed by atoms with Crippen molar-refractivity contribution in [2.24, 2.45) is 5.92 Å². The molecule has 5 nitrogen and oxygen atoms in total. The lowest BCUT2D eigenvalue weighted by molar-refractivity contribution is 0.0643. The summed E-state index contributed by atoms with van der Waals surface area (Å²) in [5.74, 6) is 0.493. The Morgan fingerprint density at radius 3 is 3.00 bits per heavy atom. The highest BCUT2D eigenvalue weighted by molar-refractivity contribution is 5.99. The number of carbonyl (C=O) groups is 1. The number of pyridine rings is 1. The summed E-state index contributed by atoms with van der Waals surface area (Å²) in [5, 5.41) is 6.16. The summed E-state index contributed by atoms with van der Waals surface area (Å²) in [6.45, 7) is 5.09. The van der Waals surface area contributed by atoms with Gasteiger partial charge in [0.1, 0.15) is 0 Å². The number of rotatable bonds is 5. The van der Waals surface area contributed by atoms with E-state index in [0.29, 0.717) is 11.5 Å². The number of hydrogen-bond donors (Lipinski definition) is 2. The maximum atomic E-state index is 12.2. The van der Waals surface area contributed by atoms with Crippen molar-refractivity contribution < 1.29 is 9.53 Å². The number of anilines is 1. The zero-order valence-electron chi connectivity index (χ0n) is 11.3. The number of hydrogen-bond acceptors (Lipinski definition) is 4. The maximum absolute atomic E-state index is 12.2. The van der Waals surface area contributed by atoms with Crippen LogP contribution < -0.4 is 10.6 Å². The molecule has 0 radical (unpaired) electrons. The van der Waals surface area contributed by atoms with Gasteiger partial charge in [0.25, 0.3) is 5.91 Å². The van der Waals surface area contributed by atoms with Crippen molar-refractivity contribution in [3.8, 4) is 0 Å². The second-order valence-electron chi connectivity index (χ2n) is 4.72. The molecule has 0 unspecified atom stereocenters. The Bertz CT molecular complexity index is 417. The van der Waals surface area contributed by atoms with Crippen LogP contribution in [0.4, 0.5) is 5.69 Å². The summed E-state index contributed by atoms with van der Waals surface area (Å²) in [6.07, 6.45) is 5.38. The largest absolute Gasteiger partial charge is 0.383 e. The molecule has 5 heteroatoms. The van der Waals surface area contributed by atoms with Gasteiger partial charge < -0.3 is 15.4 Å². The number of ether oxygens (including phenoxy) is 1. The van der Waals surface area contributed by atoms with Crippen LogP contribution in [0, 0.1) is 5.92 Å². The molecular formula is C14H21N3O2. The first kappa shape index (κ1) is 13.8. The van der Waals surface area contributed by atoms with Crippen LogP contribution in [0.1, 0.15) is 30.1 Å². The molecule has 0 aromatic carbocycles. The molecule has 0 saturated carbocycles. The highest BCUT2D eigenvalue weighted by Crippen LogP contribution is 2.15. The van der Waals surface area contributed by atoms with E-state index in [0.717, 1.165) is 44.8 Å². The highest BCUT2D eigenvalue weighted by atomic mass is 16.5. The third kappa shape index (κ3) is 3.92. The van der Waals surface area contributed by atoms with Gasteiger partial charge in [0.15, 0.2) is 0 Å². The van der Waals surface area contributed by atoms with Gasteiger partial charge in [-0.25, -0.2) is 0 Å². The van der Waals surface area contributed by atoms with E-state index in [1.165, 1.54) is 0 Å². The van der Waals surface area contributed by atoms with Gasteiger partial charge in [0, 0.05) is 32.5 Å². The molecule has 1 aliphatic heterocycles. The van der Waals surface area contributed by atoms with E-state index in [-0.39, 0.29) is 5.91 Å². The maximum Gasteiger partial charge on any atom is 0.253 e. The van der Waals surface area contributed by atoms with Crippen LogP contribution in [0.3, 0.4) is 0 Å². The summed E-state index contributed by atoms with van der Waals surface area (Å²) in [6, 6.07) is 1.75. The summed E-state index contributed by atoms with van der Waals surface area (Å²) >= 11 is 0. The van der Waals surface area contributed by atoms with E-state index in [1.807, 2.05) is 6.92 Å². The van der Waals surface area contributed by atoms with Gasteiger partial charge in [-0.05, 0) is 31.7 Å². The van der Waals surface area contributed by atoms with Crippen molar-refractivity contribution in [3.05, 3.63) is 24.0 Å². The molecule has 1 saturated heterocycles. The quantitative estimate of drug-likeness (QED) is 0.848. The fourth-order valence-corrected chi connectivity index (χ4v) is 2.21.